The highest BCUT2D eigenvalue weighted by Gasteiger charge is 2.33. The molecule has 1 aliphatic heterocycles. The zero-order chi connectivity index (χ0) is 19.4. The first-order valence-corrected chi connectivity index (χ1v) is 8.54. The number of amides is 2. The van der Waals surface area contributed by atoms with Crippen molar-refractivity contribution in [2.24, 2.45) is 0 Å². The van der Waals surface area contributed by atoms with E-state index in [1.165, 1.54) is 18.2 Å². The third-order valence-electron chi connectivity index (χ3n) is 3.52. The van der Waals surface area contributed by atoms with Gasteiger partial charge in [-0.15, -0.1) is 6.58 Å². The monoisotopic (exact) mass is 383 g/mol. The number of rotatable bonds is 6. The van der Waals surface area contributed by atoms with Gasteiger partial charge in [-0.25, -0.2) is 4.98 Å². The second kappa shape index (κ2) is 7.83. The Hall–Kier alpha value is -3.46. The van der Waals surface area contributed by atoms with Crippen molar-refractivity contribution < 1.29 is 19.2 Å². The van der Waals surface area contributed by atoms with Crippen molar-refractivity contribution in [1.29, 1.82) is 0 Å². The molecule has 0 spiro atoms. The van der Waals surface area contributed by atoms with Crippen LogP contribution in [0.5, 0.6) is 11.6 Å². The van der Waals surface area contributed by atoms with Crippen molar-refractivity contribution in [3.63, 3.8) is 0 Å². The van der Waals surface area contributed by atoms with Gasteiger partial charge in [0, 0.05) is 18.7 Å². The molecule has 0 unspecified atom stereocenters. The minimum Gasteiger partial charge on any atom is -0.439 e. The largest absolute Gasteiger partial charge is 0.439 e. The maximum Gasteiger partial charge on any atom is 0.293 e. The van der Waals surface area contributed by atoms with E-state index in [0.29, 0.717) is 10.7 Å². The third kappa shape index (κ3) is 4.21. The molecule has 2 heterocycles. The van der Waals surface area contributed by atoms with E-state index in [1.54, 1.807) is 30.3 Å². The fourth-order valence-corrected chi connectivity index (χ4v) is 3.08. The zero-order valence-electron chi connectivity index (χ0n) is 13.9. The lowest BCUT2D eigenvalue weighted by Gasteiger charge is -2.07. The lowest BCUT2D eigenvalue weighted by Crippen LogP contribution is -2.27. The molecule has 0 N–H and O–H groups in total. The first-order valence-electron chi connectivity index (χ1n) is 7.72. The number of pyridine rings is 1. The molecule has 2 amide bonds. The van der Waals surface area contributed by atoms with Crippen molar-refractivity contribution in [3.05, 3.63) is 75.8 Å². The highest BCUT2D eigenvalue weighted by Crippen LogP contribution is 2.32. The molecule has 9 heteroatoms. The molecular weight excluding hydrogens is 370 g/mol. The molecule has 0 aliphatic carbocycles. The smallest absolute Gasteiger partial charge is 0.293 e. The maximum atomic E-state index is 12.2. The Balaban J connectivity index is 1.70. The predicted molar refractivity (Wildman–Crippen MR) is 100 cm³/mol. The molecule has 0 radical (unpaired) electrons. The van der Waals surface area contributed by atoms with Crippen LogP contribution >= 0.6 is 11.8 Å². The molecule has 1 saturated heterocycles. The number of nitro groups is 1. The molecule has 27 heavy (non-hydrogen) atoms. The molecule has 0 saturated carbocycles. The van der Waals surface area contributed by atoms with Gasteiger partial charge in [0.2, 0.25) is 5.88 Å². The van der Waals surface area contributed by atoms with Crippen molar-refractivity contribution in [2.45, 2.75) is 0 Å². The van der Waals surface area contributed by atoms with E-state index < -0.39 is 4.92 Å². The van der Waals surface area contributed by atoms with E-state index in [1.807, 2.05) is 0 Å². The Morgan fingerprint density at radius 2 is 1.96 bits per heavy atom. The Morgan fingerprint density at radius 3 is 2.56 bits per heavy atom. The summed E-state index contributed by atoms with van der Waals surface area (Å²) in [5, 5.41) is 10.3. The summed E-state index contributed by atoms with van der Waals surface area (Å²) in [7, 11) is 0. The van der Waals surface area contributed by atoms with Gasteiger partial charge in [0.05, 0.1) is 9.83 Å². The average molecular weight is 383 g/mol. The molecule has 8 nitrogen and oxygen atoms in total. The van der Waals surface area contributed by atoms with E-state index in [9.17, 15) is 19.7 Å². The lowest BCUT2D eigenvalue weighted by molar-refractivity contribution is -0.385. The molecule has 1 fully saturated rings. The molecule has 2 aromatic rings. The second-order valence-electron chi connectivity index (χ2n) is 5.36. The van der Waals surface area contributed by atoms with Gasteiger partial charge in [-0.05, 0) is 35.5 Å². The van der Waals surface area contributed by atoms with Gasteiger partial charge < -0.3 is 4.74 Å². The van der Waals surface area contributed by atoms with Crippen LogP contribution in [-0.4, -0.2) is 32.5 Å². The number of nitrogens with zero attached hydrogens (tertiary/aromatic N) is 3. The van der Waals surface area contributed by atoms with Gasteiger partial charge in [0.1, 0.15) is 11.9 Å². The summed E-state index contributed by atoms with van der Waals surface area (Å²) in [4.78, 5) is 39.4. The topological polar surface area (TPSA) is 103 Å². The second-order valence-corrected chi connectivity index (χ2v) is 6.36. The molecule has 1 aromatic carbocycles. The summed E-state index contributed by atoms with van der Waals surface area (Å²) in [5.41, 5.74) is 0.603. The van der Waals surface area contributed by atoms with Crippen LogP contribution in [0.1, 0.15) is 5.56 Å². The standard InChI is InChI=1S/C18H13N3O5S/c1-2-9-20-17(22)15(27-18(20)23)10-12-3-6-14(7-4-12)26-16-8-5-13(11-19-16)21(24)25/h2-8,10-11H,1,9H2/b15-10+. The van der Waals surface area contributed by atoms with Crippen molar-refractivity contribution >= 4 is 34.7 Å². The van der Waals surface area contributed by atoms with Crippen LogP contribution in [-0.2, 0) is 4.79 Å². The van der Waals surface area contributed by atoms with Crippen molar-refractivity contribution in [3.8, 4) is 11.6 Å². The van der Waals surface area contributed by atoms with E-state index in [2.05, 4.69) is 11.6 Å². The van der Waals surface area contributed by atoms with Gasteiger partial charge in [-0.1, -0.05) is 18.2 Å². The number of benzene rings is 1. The molecule has 0 bridgehead atoms. The number of imide groups is 1. The first kappa shape index (κ1) is 18.3. The van der Waals surface area contributed by atoms with Crippen molar-refractivity contribution in [2.75, 3.05) is 6.54 Å². The van der Waals surface area contributed by atoms with Crippen LogP contribution in [0.2, 0.25) is 0 Å². The summed E-state index contributed by atoms with van der Waals surface area (Å²) in [6, 6.07) is 9.49. The SMILES string of the molecule is C=CCN1C(=O)S/C(=C/c2ccc(Oc3ccc([N+](=O)[O-])cn3)cc2)C1=O. The number of aromatic nitrogens is 1. The predicted octanol–water partition coefficient (Wildman–Crippen LogP) is 4.00. The third-order valence-corrected chi connectivity index (χ3v) is 4.42. The fraction of sp³-hybridized carbons (Fsp3) is 0.0556. The average Bonchev–Trinajstić information content (AvgIpc) is 2.91. The van der Waals surface area contributed by atoms with Gasteiger partial charge in [0.15, 0.2) is 0 Å². The Kier molecular flexibility index (Phi) is 5.32. The summed E-state index contributed by atoms with van der Waals surface area (Å²) >= 11 is 0.882. The van der Waals surface area contributed by atoms with Crippen LogP contribution in [0.15, 0.2) is 60.2 Å². The Bertz CT molecular complexity index is 938. The summed E-state index contributed by atoms with van der Waals surface area (Å²) in [6.45, 7) is 3.71. The van der Waals surface area contributed by atoms with Gasteiger partial charge in [-0.3, -0.25) is 24.6 Å². The quantitative estimate of drug-likeness (QED) is 0.321. The van der Waals surface area contributed by atoms with Crippen LogP contribution < -0.4 is 4.74 Å². The molecular formula is C18H13N3O5S. The van der Waals surface area contributed by atoms with Crippen LogP contribution in [0, 0.1) is 10.1 Å². The van der Waals surface area contributed by atoms with Crippen molar-refractivity contribution in [1.82, 2.24) is 9.88 Å². The minimum absolute atomic E-state index is 0.122. The number of hydrogen-bond donors (Lipinski definition) is 0. The van der Waals surface area contributed by atoms with Crippen LogP contribution in [0.4, 0.5) is 10.5 Å². The Labute approximate surface area is 158 Å². The highest BCUT2D eigenvalue weighted by molar-refractivity contribution is 8.18. The fourth-order valence-electron chi connectivity index (χ4n) is 2.23. The summed E-state index contributed by atoms with van der Waals surface area (Å²) in [6.07, 6.45) is 4.24. The van der Waals surface area contributed by atoms with E-state index in [-0.39, 0.29) is 29.3 Å². The highest BCUT2D eigenvalue weighted by atomic mass is 32.2. The molecule has 0 atom stereocenters. The zero-order valence-corrected chi connectivity index (χ0v) is 14.7. The normalized spacial score (nSPS) is 15.3. The number of thioether (sulfide) groups is 1. The van der Waals surface area contributed by atoms with Gasteiger partial charge in [0.25, 0.3) is 16.8 Å². The van der Waals surface area contributed by atoms with E-state index >= 15 is 0 Å². The van der Waals surface area contributed by atoms with Gasteiger partial charge in [-0.2, -0.15) is 0 Å². The summed E-state index contributed by atoms with van der Waals surface area (Å²) in [5.74, 6) is 0.354. The van der Waals surface area contributed by atoms with Crippen LogP contribution in [0.3, 0.4) is 0 Å². The maximum absolute atomic E-state index is 12.2. The molecule has 3 rings (SSSR count). The number of carbonyl (C=O) groups is 2. The molecule has 1 aromatic heterocycles. The van der Waals surface area contributed by atoms with E-state index in [0.717, 1.165) is 28.4 Å². The minimum atomic E-state index is -0.539. The molecule has 136 valence electrons. The Morgan fingerprint density at radius 1 is 1.22 bits per heavy atom. The van der Waals surface area contributed by atoms with Crippen LogP contribution in [0.25, 0.3) is 6.08 Å². The number of carbonyl (C=O) groups excluding carboxylic acids is 2. The number of hydrogen-bond acceptors (Lipinski definition) is 7. The molecule has 1 aliphatic rings. The summed E-state index contributed by atoms with van der Waals surface area (Å²) < 4.78 is 5.53. The number of ether oxygens (including phenoxy) is 1. The lowest BCUT2D eigenvalue weighted by atomic mass is 10.2. The van der Waals surface area contributed by atoms with Gasteiger partial charge >= 0.3 is 0 Å². The van der Waals surface area contributed by atoms with E-state index in [4.69, 9.17) is 4.74 Å². The first-order chi connectivity index (χ1) is 13.0.